The van der Waals surface area contributed by atoms with E-state index < -0.39 is 0 Å². The summed E-state index contributed by atoms with van der Waals surface area (Å²) >= 11 is 7.73. The fourth-order valence-electron chi connectivity index (χ4n) is 2.00. The first-order valence-corrected chi connectivity index (χ1v) is 7.62. The summed E-state index contributed by atoms with van der Waals surface area (Å²) in [5.74, 6) is -0.332. The molecular formula is C15H18ClFN2S. The molecule has 2 nitrogen and oxygen atoms in total. The van der Waals surface area contributed by atoms with Gasteiger partial charge in [-0.05, 0) is 25.2 Å². The van der Waals surface area contributed by atoms with Crippen LogP contribution < -0.4 is 5.32 Å². The van der Waals surface area contributed by atoms with Crippen LogP contribution in [0.25, 0.3) is 10.6 Å². The summed E-state index contributed by atoms with van der Waals surface area (Å²) in [6.07, 6.45) is 0. The highest BCUT2D eigenvalue weighted by atomic mass is 35.5. The summed E-state index contributed by atoms with van der Waals surface area (Å²) in [6, 6.07) is 4.43. The Morgan fingerprint density at radius 1 is 1.35 bits per heavy atom. The highest BCUT2D eigenvalue weighted by Gasteiger charge is 2.24. The van der Waals surface area contributed by atoms with Crippen molar-refractivity contribution in [1.29, 1.82) is 0 Å². The molecule has 108 valence electrons. The van der Waals surface area contributed by atoms with Crippen LogP contribution in [0.4, 0.5) is 4.39 Å². The van der Waals surface area contributed by atoms with E-state index >= 15 is 0 Å². The Morgan fingerprint density at radius 3 is 2.60 bits per heavy atom. The molecule has 0 unspecified atom stereocenters. The lowest BCUT2D eigenvalue weighted by atomic mass is 9.91. The van der Waals surface area contributed by atoms with Crippen molar-refractivity contribution in [3.8, 4) is 10.6 Å². The molecule has 2 rings (SSSR count). The maximum atomic E-state index is 13.1. The fourth-order valence-corrected chi connectivity index (χ4v) is 3.63. The minimum Gasteiger partial charge on any atom is -0.315 e. The summed E-state index contributed by atoms with van der Waals surface area (Å²) in [4.78, 5) is 5.92. The van der Waals surface area contributed by atoms with Crippen LogP contribution in [-0.2, 0) is 12.0 Å². The number of thiazole rings is 1. The van der Waals surface area contributed by atoms with E-state index in [-0.39, 0.29) is 11.2 Å². The van der Waals surface area contributed by atoms with Gasteiger partial charge in [0.1, 0.15) is 10.8 Å². The van der Waals surface area contributed by atoms with Gasteiger partial charge >= 0.3 is 0 Å². The molecule has 0 saturated carbocycles. The average Bonchev–Trinajstić information content (AvgIpc) is 2.73. The lowest BCUT2D eigenvalue weighted by molar-refractivity contribution is 0.563. The van der Waals surface area contributed by atoms with Crippen LogP contribution in [0.5, 0.6) is 0 Å². The normalized spacial score (nSPS) is 11.9. The molecule has 0 fully saturated rings. The molecule has 0 radical (unpaired) electrons. The standard InChI is InChI=1S/C15H18ClFN2S/c1-15(2,3)13-12(8-18-4)20-14(19-13)10-6-5-9(17)7-11(10)16/h5-7,18H,8H2,1-4H3. The second-order valence-corrected chi connectivity index (χ2v) is 7.19. The molecule has 20 heavy (non-hydrogen) atoms. The summed E-state index contributed by atoms with van der Waals surface area (Å²) < 4.78 is 13.1. The van der Waals surface area contributed by atoms with Gasteiger partial charge < -0.3 is 5.32 Å². The third-order valence-electron chi connectivity index (χ3n) is 2.91. The van der Waals surface area contributed by atoms with E-state index in [1.54, 1.807) is 17.4 Å². The van der Waals surface area contributed by atoms with Crippen LogP contribution >= 0.6 is 22.9 Å². The molecule has 0 spiro atoms. The molecule has 5 heteroatoms. The monoisotopic (exact) mass is 312 g/mol. The Kier molecular flexibility index (Phi) is 4.47. The van der Waals surface area contributed by atoms with Crippen molar-refractivity contribution in [1.82, 2.24) is 10.3 Å². The van der Waals surface area contributed by atoms with Crippen molar-refractivity contribution in [2.24, 2.45) is 0 Å². The molecular weight excluding hydrogens is 295 g/mol. The Balaban J connectivity index is 2.53. The summed E-state index contributed by atoms with van der Waals surface area (Å²) in [5, 5.41) is 4.40. The van der Waals surface area contributed by atoms with Gasteiger partial charge in [-0.25, -0.2) is 9.37 Å². The first-order valence-electron chi connectivity index (χ1n) is 6.43. The van der Waals surface area contributed by atoms with Crippen LogP contribution in [0.1, 0.15) is 31.3 Å². The van der Waals surface area contributed by atoms with Crippen molar-refractivity contribution >= 4 is 22.9 Å². The Bertz CT molecular complexity index is 617. The van der Waals surface area contributed by atoms with Gasteiger partial charge in [-0.3, -0.25) is 0 Å². The lowest BCUT2D eigenvalue weighted by Crippen LogP contribution is -2.16. The number of nitrogens with one attached hydrogen (secondary N) is 1. The third kappa shape index (κ3) is 3.19. The predicted octanol–water partition coefficient (Wildman–Crippen LogP) is 4.62. The van der Waals surface area contributed by atoms with E-state index in [1.807, 2.05) is 7.05 Å². The molecule has 0 atom stereocenters. The van der Waals surface area contributed by atoms with Gasteiger partial charge in [0.15, 0.2) is 0 Å². The smallest absolute Gasteiger partial charge is 0.125 e. The molecule has 1 heterocycles. The number of nitrogens with zero attached hydrogens (tertiary/aromatic N) is 1. The number of aromatic nitrogens is 1. The molecule has 0 bridgehead atoms. The number of halogens is 2. The molecule has 0 aliphatic heterocycles. The van der Waals surface area contributed by atoms with Crippen LogP contribution in [0.3, 0.4) is 0 Å². The number of hydrogen-bond acceptors (Lipinski definition) is 3. The van der Waals surface area contributed by atoms with Crippen molar-refractivity contribution < 1.29 is 4.39 Å². The first kappa shape index (κ1) is 15.4. The molecule has 0 amide bonds. The van der Waals surface area contributed by atoms with Gasteiger partial charge in [0.25, 0.3) is 0 Å². The van der Waals surface area contributed by atoms with Gasteiger partial charge in [0.05, 0.1) is 10.7 Å². The molecule has 1 aromatic heterocycles. The Morgan fingerprint density at radius 2 is 2.05 bits per heavy atom. The molecule has 1 aromatic carbocycles. The van der Waals surface area contributed by atoms with Crippen LogP contribution in [0, 0.1) is 5.82 Å². The molecule has 0 saturated heterocycles. The topological polar surface area (TPSA) is 24.9 Å². The van der Waals surface area contributed by atoms with Crippen molar-refractivity contribution in [3.63, 3.8) is 0 Å². The summed E-state index contributed by atoms with van der Waals surface area (Å²) in [5.41, 5.74) is 1.81. The van der Waals surface area contributed by atoms with E-state index in [2.05, 4.69) is 26.1 Å². The average molecular weight is 313 g/mol. The zero-order valence-corrected chi connectivity index (χ0v) is 13.6. The number of hydrogen-bond donors (Lipinski definition) is 1. The van der Waals surface area contributed by atoms with E-state index in [0.717, 1.165) is 22.8 Å². The SMILES string of the molecule is CNCc1sc(-c2ccc(F)cc2Cl)nc1C(C)(C)C. The Hall–Kier alpha value is -0.970. The van der Waals surface area contributed by atoms with Crippen LogP contribution in [0.2, 0.25) is 5.02 Å². The second kappa shape index (κ2) is 5.80. The highest BCUT2D eigenvalue weighted by molar-refractivity contribution is 7.15. The van der Waals surface area contributed by atoms with Gasteiger partial charge in [0.2, 0.25) is 0 Å². The maximum absolute atomic E-state index is 13.1. The molecule has 2 aromatic rings. The predicted molar refractivity (Wildman–Crippen MR) is 84.0 cm³/mol. The maximum Gasteiger partial charge on any atom is 0.125 e. The zero-order valence-electron chi connectivity index (χ0n) is 12.1. The second-order valence-electron chi connectivity index (χ2n) is 5.70. The summed E-state index contributed by atoms with van der Waals surface area (Å²) in [7, 11) is 1.91. The fraction of sp³-hybridized carbons (Fsp3) is 0.400. The molecule has 0 aliphatic rings. The number of rotatable bonds is 3. The lowest BCUT2D eigenvalue weighted by Gasteiger charge is -2.17. The third-order valence-corrected chi connectivity index (χ3v) is 4.31. The van der Waals surface area contributed by atoms with Gasteiger partial charge in [-0.2, -0.15) is 0 Å². The summed E-state index contributed by atoms with van der Waals surface area (Å²) in [6.45, 7) is 7.18. The van der Waals surface area contributed by atoms with Crippen molar-refractivity contribution in [2.75, 3.05) is 7.05 Å². The van der Waals surface area contributed by atoms with Crippen molar-refractivity contribution in [3.05, 3.63) is 39.6 Å². The van der Waals surface area contributed by atoms with Gasteiger partial charge in [-0.1, -0.05) is 32.4 Å². The van der Waals surface area contributed by atoms with Crippen molar-refractivity contribution in [2.45, 2.75) is 32.7 Å². The zero-order chi connectivity index (χ0) is 14.9. The minimum atomic E-state index is -0.332. The van der Waals surface area contributed by atoms with E-state index in [0.29, 0.717) is 5.02 Å². The highest BCUT2D eigenvalue weighted by Crippen LogP contribution is 2.37. The molecule has 1 N–H and O–H groups in total. The Labute approximate surface area is 128 Å². The van der Waals surface area contributed by atoms with Gasteiger partial charge in [0, 0.05) is 22.4 Å². The van der Waals surface area contributed by atoms with Crippen LogP contribution in [-0.4, -0.2) is 12.0 Å². The largest absolute Gasteiger partial charge is 0.315 e. The van der Waals surface area contributed by atoms with Crippen LogP contribution in [0.15, 0.2) is 18.2 Å². The van der Waals surface area contributed by atoms with Gasteiger partial charge in [-0.15, -0.1) is 11.3 Å². The minimum absolute atomic E-state index is 0.0343. The molecule has 0 aliphatic carbocycles. The van der Waals surface area contributed by atoms with E-state index in [4.69, 9.17) is 16.6 Å². The van der Waals surface area contributed by atoms with E-state index in [1.165, 1.54) is 17.0 Å². The quantitative estimate of drug-likeness (QED) is 0.894. The van der Waals surface area contributed by atoms with E-state index in [9.17, 15) is 4.39 Å². The number of benzene rings is 1. The first-order chi connectivity index (χ1) is 9.32.